The molecule has 0 saturated heterocycles. The van der Waals surface area contributed by atoms with E-state index in [1.165, 1.54) is 5.69 Å². The maximum atomic E-state index is 5.36. The quantitative estimate of drug-likeness (QED) is 0.713. The summed E-state index contributed by atoms with van der Waals surface area (Å²) in [6.07, 6.45) is 8.13. The maximum absolute atomic E-state index is 5.36. The number of hydrogen-bond donors (Lipinski definition) is 1. The average Bonchev–Trinajstić information content (AvgIpc) is 2.67. The Morgan fingerprint density at radius 2 is 2.43 bits per heavy atom. The first-order chi connectivity index (χ1) is 6.81. The fourth-order valence-electron chi connectivity index (χ4n) is 1.34. The zero-order chi connectivity index (χ0) is 10.4. The Bertz CT molecular complexity index is 309. The molecule has 0 spiro atoms. The maximum Gasteiger partial charge on any atom is 0.0687 e. The largest absolute Gasteiger partial charge is 0.298 e. The fraction of sp³-hybridized carbons (Fsp3) is 0.545. The molecule has 1 unspecified atom stereocenters. The molecule has 0 saturated carbocycles. The zero-order valence-corrected chi connectivity index (χ0v) is 8.83. The second-order valence-electron chi connectivity index (χ2n) is 3.15. The molecule has 0 bridgehead atoms. The highest BCUT2D eigenvalue weighted by molar-refractivity contribution is 5.03. The van der Waals surface area contributed by atoms with Gasteiger partial charge in [-0.05, 0) is 19.4 Å². The van der Waals surface area contributed by atoms with Crippen molar-refractivity contribution in [2.24, 2.45) is 0 Å². The smallest absolute Gasteiger partial charge is 0.0687 e. The second kappa shape index (κ2) is 5.46. The molecule has 0 aliphatic heterocycles. The predicted molar refractivity (Wildman–Crippen MR) is 57.7 cm³/mol. The van der Waals surface area contributed by atoms with Gasteiger partial charge in [0.25, 0.3) is 0 Å². The Kier molecular flexibility index (Phi) is 4.21. The van der Waals surface area contributed by atoms with Gasteiger partial charge < -0.3 is 0 Å². The third-order valence-electron chi connectivity index (χ3n) is 2.24. The van der Waals surface area contributed by atoms with Gasteiger partial charge in [0.1, 0.15) is 0 Å². The lowest BCUT2D eigenvalue weighted by Crippen LogP contribution is -2.27. The minimum atomic E-state index is 0.162. The molecule has 1 rings (SSSR count). The molecule has 0 aliphatic carbocycles. The van der Waals surface area contributed by atoms with Crippen LogP contribution in [0.3, 0.4) is 0 Å². The van der Waals surface area contributed by atoms with Crippen LogP contribution < -0.4 is 5.32 Å². The van der Waals surface area contributed by atoms with Crippen LogP contribution in [0, 0.1) is 12.3 Å². The SMILES string of the molecule is C#CC(CC)NCc1ccnn1CC. The van der Waals surface area contributed by atoms with Crippen LogP contribution in [-0.2, 0) is 13.1 Å². The molecule has 1 N–H and O–H groups in total. The summed E-state index contributed by atoms with van der Waals surface area (Å²) in [5.74, 6) is 2.71. The molecule has 1 aromatic rings. The minimum absolute atomic E-state index is 0.162. The van der Waals surface area contributed by atoms with Crippen LogP contribution in [0.5, 0.6) is 0 Å². The predicted octanol–water partition coefficient (Wildman–Crippen LogP) is 1.40. The summed E-state index contributed by atoms with van der Waals surface area (Å²) < 4.78 is 1.97. The van der Waals surface area contributed by atoms with Gasteiger partial charge in [0.05, 0.1) is 11.7 Å². The first kappa shape index (κ1) is 10.8. The molecule has 0 amide bonds. The van der Waals surface area contributed by atoms with Crippen LogP contribution in [0.25, 0.3) is 0 Å². The van der Waals surface area contributed by atoms with Crippen molar-refractivity contribution in [3.8, 4) is 12.3 Å². The van der Waals surface area contributed by atoms with E-state index in [-0.39, 0.29) is 6.04 Å². The van der Waals surface area contributed by atoms with Crippen LogP contribution in [0.2, 0.25) is 0 Å². The monoisotopic (exact) mass is 191 g/mol. The van der Waals surface area contributed by atoms with Crippen molar-refractivity contribution in [3.05, 3.63) is 18.0 Å². The zero-order valence-electron chi connectivity index (χ0n) is 8.83. The van der Waals surface area contributed by atoms with E-state index < -0.39 is 0 Å². The molecule has 0 fully saturated rings. The lowest BCUT2D eigenvalue weighted by atomic mass is 10.2. The van der Waals surface area contributed by atoms with Crippen LogP contribution in [0.4, 0.5) is 0 Å². The van der Waals surface area contributed by atoms with Crippen molar-refractivity contribution >= 4 is 0 Å². The molecule has 0 radical (unpaired) electrons. The molecule has 3 nitrogen and oxygen atoms in total. The summed E-state index contributed by atoms with van der Waals surface area (Å²) in [4.78, 5) is 0. The number of aryl methyl sites for hydroxylation is 1. The van der Waals surface area contributed by atoms with Crippen LogP contribution >= 0.6 is 0 Å². The van der Waals surface area contributed by atoms with Crippen LogP contribution in [0.1, 0.15) is 26.0 Å². The van der Waals surface area contributed by atoms with Crippen molar-refractivity contribution in [1.82, 2.24) is 15.1 Å². The molecular weight excluding hydrogens is 174 g/mol. The number of nitrogens with one attached hydrogen (secondary N) is 1. The summed E-state index contributed by atoms with van der Waals surface area (Å²) in [5, 5.41) is 7.49. The lowest BCUT2D eigenvalue weighted by Gasteiger charge is -2.11. The van der Waals surface area contributed by atoms with Gasteiger partial charge in [-0.3, -0.25) is 10.00 Å². The molecule has 0 aliphatic rings. The Morgan fingerprint density at radius 3 is 3.00 bits per heavy atom. The van der Waals surface area contributed by atoms with Crippen molar-refractivity contribution in [2.75, 3.05) is 0 Å². The molecule has 14 heavy (non-hydrogen) atoms. The normalized spacial score (nSPS) is 12.4. The highest BCUT2D eigenvalue weighted by atomic mass is 15.3. The Morgan fingerprint density at radius 1 is 1.64 bits per heavy atom. The van der Waals surface area contributed by atoms with E-state index in [1.807, 2.05) is 16.9 Å². The molecule has 3 heteroatoms. The topological polar surface area (TPSA) is 29.9 Å². The Balaban J connectivity index is 2.49. The summed E-state index contributed by atoms with van der Waals surface area (Å²) >= 11 is 0. The van der Waals surface area contributed by atoms with Gasteiger partial charge in [-0.25, -0.2) is 0 Å². The van der Waals surface area contributed by atoms with Gasteiger partial charge >= 0.3 is 0 Å². The average molecular weight is 191 g/mol. The summed E-state index contributed by atoms with van der Waals surface area (Å²) in [6, 6.07) is 2.18. The van der Waals surface area contributed by atoms with Crippen LogP contribution in [0.15, 0.2) is 12.3 Å². The van der Waals surface area contributed by atoms with Gasteiger partial charge in [-0.2, -0.15) is 5.10 Å². The van der Waals surface area contributed by atoms with Crippen molar-refractivity contribution in [3.63, 3.8) is 0 Å². The van der Waals surface area contributed by atoms with E-state index in [0.29, 0.717) is 0 Å². The van der Waals surface area contributed by atoms with E-state index in [0.717, 1.165) is 19.5 Å². The second-order valence-corrected chi connectivity index (χ2v) is 3.15. The Hall–Kier alpha value is -1.27. The third kappa shape index (κ3) is 2.61. The molecule has 1 atom stereocenters. The number of aromatic nitrogens is 2. The number of terminal acetylenes is 1. The van der Waals surface area contributed by atoms with E-state index in [4.69, 9.17) is 6.42 Å². The first-order valence-electron chi connectivity index (χ1n) is 5.02. The lowest BCUT2D eigenvalue weighted by molar-refractivity contribution is 0.544. The van der Waals surface area contributed by atoms with Gasteiger partial charge in [0, 0.05) is 19.3 Å². The highest BCUT2D eigenvalue weighted by Gasteiger charge is 2.03. The van der Waals surface area contributed by atoms with Crippen LogP contribution in [-0.4, -0.2) is 15.8 Å². The van der Waals surface area contributed by atoms with Crippen molar-refractivity contribution in [2.45, 2.75) is 39.4 Å². The van der Waals surface area contributed by atoms with Gasteiger partial charge in [-0.15, -0.1) is 6.42 Å². The molecule has 76 valence electrons. The van der Waals surface area contributed by atoms with E-state index in [9.17, 15) is 0 Å². The molecule has 1 heterocycles. The van der Waals surface area contributed by atoms with E-state index in [1.54, 1.807) is 0 Å². The molecule has 1 aromatic heterocycles. The van der Waals surface area contributed by atoms with Crippen molar-refractivity contribution < 1.29 is 0 Å². The minimum Gasteiger partial charge on any atom is -0.298 e. The van der Waals surface area contributed by atoms with Crippen molar-refractivity contribution in [1.29, 1.82) is 0 Å². The highest BCUT2D eigenvalue weighted by Crippen LogP contribution is 1.99. The van der Waals surface area contributed by atoms with E-state index in [2.05, 4.69) is 30.2 Å². The van der Waals surface area contributed by atoms with Gasteiger partial charge in [-0.1, -0.05) is 12.8 Å². The third-order valence-corrected chi connectivity index (χ3v) is 2.24. The summed E-state index contributed by atoms with van der Waals surface area (Å²) in [7, 11) is 0. The first-order valence-corrected chi connectivity index (χ1v) is 5.02. The summed E-state index contributed by atoms with van der Waals surface area (Å²) in [5.41, 5.74) is 1.18. The number of rotatable bonds is 5. The number of nitrogens with zero attached hydrogens (tertiary/aromatic N) is 2. The van der Waals surface area contributed by atoms with Gasteiger partial charge in [0.2, 0.25) is 0 Å². The Labute approximate surface area is 85.5 Å². The number of hydrogen-bond acceptors (Lipinski definition) is 2. The summed E-state index contributed by atoms with van der Waals surface area (Å²) in [6.45, 7) is 5.84. The standard InChI is InChI=1S/C11H17N3/c1-4-10(5-2)12-9-11-7-8-13-14(11)6-3/h1,7-8,10,12H,5-6,9H2,2-3H3. The fourth-order valence-corrected chi connectivity index (χ4v) is 1.34. The molecule has 0 aromatic carbocycles. The van der Waals surface area contributed by atoms with E-state index >= 15 is 0 Å². The molecular formula is C11H17N3. The van der Waals surface area contributed by atoms with Gasteiger partial charge in [0.15, 0.2) is 0 Å².